The fourth-order valence-electron chi connectivity index (χ4n) is 4.24. The molecule has 0 atom stereocenters. The minimum Gasteiger partial charge on any atom is -0.353 e. The second kappa shape index (κ2) is 8.78. The molecule has 3 heterocycles. The molecule has 0 saturated carbocycles. The summed E-state index contributed by atoms with van der Waals surface area (Å²) in [5, 5.41) is 11.6. The van der Waals surface area contributed by atoms with E-state index in [1.807, 2.05) is 30.3 Å². The number of nitro benzene ring substituents is 1. The lowest BCUT2D eigenvalue weighted by molar-refractivity contribution is -0.384. The Morgan fingerprint density at radius 2 is 1.68 bits per heavy atom. The number of aromatic amines is 1. The molecule has 1 aliphatic heterocycles. The summed E-state index contributed by atoms with van der Waals surface area (Å²) in [6.45, 7) is 2.21. The lowest BCUT2D eigenvalue weighted by atomic mass is 10.1. The van der Waals surface area contributed by atoms with Crippen LogP contribution in [0.2, 0.25) is 0 Å². The van der Waals surface area contributed by atoms with E-state index in [0.29, 0.717) is 37.3 Å². The lowest BCUT2D eigenvalue weighted by Crippen LogP contribution is -2.49. The summed E-state index contributed by atoms with van der Waals surface area (Å²) >= 11 is 0. The molecule has 5 rings (SSSR count). The van der Waals surface area contributed by atoms with Crippen LogP contribution in [0.5, 0.6) is 0 Å². The predicted molar refractivity (Wildman–Crippen MR) is 129 cm³/mol. The van der Waals surface area contributed by atoms with Crippen LogP contribution in [0.1, 0.15) is 10.4 Å². The number of amides is 1. The van der Waals surface area contributed by atoms with Crippen LogP contribution in [0.3, 0.4) is 0 Å². The van der Waals surface area contributed by atoms with Gasteiger partial charge < -0.3 is 14.8 Å². The number of nitrogens with zero attached hydrogens (tertiary/aromatic N) is 4. The number of aromatic nitrogens is 2. The Kier molecular flexibility index (Phi) is 5.51. The van der Waals surface area contributed by atoms with Crippen molar-refractivity contribution in [3.8, 4) is 11.1 Å². The summed E-state index contributed by atoms with van der Waals surface area (Å²) in [5.74, 6) is 0.624. The third-order valence-electron chi connectivity index (χ3n) is 6.03. The summed E-state index contributed by atoms with van der Waals surface area (Å²) in [4.78, 5) is 46.9. The van der Waals surface area contributed by atoms with Crippen molar-refractivity contribution in [2.45, 2.75) is 0 Å². The number of para-hydroxylation sites is 1. The fourth-order valence-corrected chi connectivity index (χ4v) is 4.24. The Hall–Kier alpha value is -4.53. The first-order valence-corrected chi connectivity index (χ1v) is 10.9. The highest BCUT2D eigenvalue weighted by Gasteiger charge is 2.24. The number of fused-ring (bicyclic) bond motifs is 1. The number of hydrogen-bond donors (Lipinski definition) is 1. The van der Waals surface area contributed by atoms with E-state index in [1.54, 1.807) is 29.3 Å². The lowest BCUT2D eigenvalue weighted by Gasteiger charge is -2.35. The topological polar surface area (TPSA) is 112 Å². The highest BCUT2D eigenvalue weighted by Crippen LogP contribution is 2.26. The summed E-state index contributed by atoms with van der Waals surface area (Å²) in [5.41, 5.74) is 2.58. The molecular formula is C25H21N5O4. The zero-order chi connectivity index (χ0) is 23.7. The van der Waals surface area contributed by atoms with Crippen LogP contribution in [0.25, 0.3) is 22.0 Å². The third-order valence-corrected chi connectivity index (χ3v) is 6.03. The van der Waals surface area contributed by atoms with Gasteiger partial charge in [0.05, 0.1) is 10.5 Å². The molecule has 0 unspecified atom stereocenters. The van der Waals surface area contributed by atoms with Crippen molar-refractivity contribution >= 4 is 28.3 Å². The van der Waals surface area contributed by atoms with Gasteiger partial charge in [0, 0.05) is 61.5 Å². The maximum atomic E-state index is 13.2. The first-order chi connectivity index (χ1) is 16.5. The normalized spacial score (nSPS) is 13.8. The number of pyridine rings is 2. The van der Waals surface area contributed by atoms with Gasteiger partial charge in [0.1, 0.15) is 5.82 Å². The second-order valence-electron chi connectivity index (χ2n) is 8.08. The summed E-state index contributed by atoms with van der Waals surface area (Å²) in [6.07, 6.45) is 1.71. The molecule has 0 spiro atoms. The number of H-pyrrole nitrogens is 1. The Morgan fingerprint density at radius 3 is 2.41 bits per heavy atom. The summed E-state index contributed by atoms with van der Waals surface area (Å²) in [7, 11) is 0. The monoisotopic (exact) mass is 455 g/mol. The number of benzene rings is 2. The van der Waals surface area contributed by atoms with E-state index in [-0.39, 0.29) is 17.2 Å². The van der Waals surface area contributed by atoms with Crippen LogP contribution in [-0.4, -0.2) is 51.9 Å². The number of anilines is 1. The first kappa shape index (κ1) is 21.3. The smallest absolute Gasteiger partial charge is 0.269 e. The number of carbonyl (C=O) groups is 1. The molecule has 0 radical (unpaired) electrons. The van der Waals surface area contributed by atoms with Gasteiger partial charge in [-0.15, -0.1) is 0 Å². The van der Waals surface area contributed by atoms with Gasteiger partial charge in [-0.3, -0.25) is 19.7 Å². The average Bonchev–Trinajstić information content (AvgIpc) is 2.88. The van der Waals surface area contributed by atoms with E-state index in [4.69, 9.17) is 0 Å². The molecule has 170 valence electrons. The van der Waals surface area contributed by atoms with E-state index in [1.165, 1.54) is 18.2 Å². The number of hydrogen-bond acceptors (Lipinski definition) is 6. The van der Waals surface area contributed by atoms with Crippen molar-refractivity contribution < 1.29 is 9.72 Å². The number of carbonyl (C=O) groups excluding carboxylic acids is 1. The van der Waals surface area contributed by atoms with Crippen LogP contribution in [0.15, 0.2) is 77.7 Å². The fraction of sp³-hybridized carbons (Fsp3) is 0.160. The van der Waals surface area contributed by atoms with Crippen LogP contribution in [0, 0.1) is 10.1 Å². The van der Waals surface area contributed by atoms with Gasteiger partial charge in [0.25, 0.3) is 11.6 Å². The van der Waals surface area contributed by atoms with Gasteiger partial charge in [-0.1, -0.05) is 18.2 Å². The zero-order valence-corrected chi connectivity index (χ0v) is 18.2. The van der Waals surface area contributed by atoms with E-state index >= 15 is 0 Å². The molecule has 0 aliphatic carbocycles. The number of rotatable bonds is 4. The SMILES string of the molecule is O=C(c1cc(=O)[nH]c2ccccc12)N1CCN(c2cc(-c3ccc([N+](=O)[O-])cc3)ccn2)CC1. The molecule has 1 aliphatic rings. The van der Waals surface area contributed by atoms with Gasteiger partial charge in [0.2, 0.25) is 5.56 Å². The van der Waals surface area contributed by atoms with Gasteiger partial charge >= 0.3 is 0 Å². The second-order valence-corrected chi connectivity index (χ2v) is 8.08. The van der Waals surface area contributed by atoms with E-state index in [2.05, 4.69) is 14.9 Å². The maximum absolute atomic E-state index is 13.2. The Morgan fingerprint density at radius 1 is 0.941 bits per heavy atom. The molecule has 2 aromatic carbocycles. The quantitative estimate of drug-likeness (QED) is 0.373. The Labute approximate surface area is 194 Å². The highest BCUT2D eigenvalue weighted by atomic mass is 16.6. The molecule has 9 nitrogen and oxygen atoms in total. The Balaban J connectivity index is 1.31. The van der Waals surface area contributed by atoms with E-state index < -0.39 is 4.92 Å². The molecule has 1 amide bonds. The van der Waals surface area contributed by atoms with Crippen LogP contribution < -0.4 is 10.5 Å². The van der Waals surface area contributed by atoms with Gasteiger partial charge in [-0.05, 0) is 41.5 Å². The van der Waals surface area contributed by atoms with Gasteiger partial charge in [-0.2, -0.15) is 0 Å². The van der Waals surface area contributed by atoms with Crippen molar-refractivity contribution in [3.05, 3.63) is 99.0 Å². The molecule has 1 fully saturated rings. The zero-order valence-electron chi connectivity index (χ0n) is 18.2. The summed E-state index contributed by atoms with van der Waals surface area (Å²) < 4.78 is 0. The molecule has 1 N–H and O–H groups in total. The molecule has 2 aromatic heterocycles. The number of nitro groups is 1. The van der Waals surface area contributed by atoms with E-state index in [9.17, 15) is 19.7 Å². The number of nitrogens with one attached hydrogen (secondary N) is 1. The minimum absolute atomic E-state index is 0.0482. The minimum atomic E-state index is -0.420. The van der Waals surface area contributed by atoms with Crippen molar-refractivity contribution in [1.29, 1.82) is 0 Å². The standard InChI is InChI=1S/C25H21N5O4/c31-24-16-21(20-3-1-2-4-22(20)27-24)25(32)29-13-11-28(12-14-29)23-15-18(9-10-26-23)17-5-7-19(8-6-17)30(33)34/h1-10,15-16H,11-14H2,(H,27,31). The molecule has 4 aromatic rings. The maximum Gasteiger partial charge on any atom is 0.269 e. The van der Waals surface area contributed by atoms with Crippen molar-refractivity contribution in [1.82, 2.24) is 14.9 Å². The van der Waals surface area contributed by atoms with Crippen molar-refractivity contribution in [2.24, 2.45) is 0 Å². The number of non-ortho nitro benzene ring substituents is 1. The van der Waals surface area contributed by atoms with Crippen LogP contribution in [-0.2, 0) is 0 Å². The molecule has 34 heavy (non-hydrogen) atoms. The van der Waals surface area contributed by atoms with Crippen molar-refractivity contribution in [3.63, 3.8) is 0 Å². The predicted octanol–water partition coefficient (Wildman–Crippen LogP) is 3.46. The van der Waals surface area contributed by atoms with Crippen LogP contribution in [0.4, 0.5) is 11.5 Å². The molecule has 9 heteroatoms. The van der Waals surface area contributed by atoms with Gasteiger partial charge in [-0.25, -0.2) is 4.98 Å². The first-order valence-electron chi connectivity index (χ1n) is 10.9. The number of piperazine rings is 1. The molecule has 1 saturated heterocycles. The highest BCUT2D eigenvalue weighted by molar-refractivity contribution is 6.06. The molecular weight excluding hydrogens is 434 g/mol. The van der Waals surface area contributed by atoms with Gasteiger partial charge in [0.15, 0.2) is 0 Å². The Bertz CT molecular complexity index is 1440. The molecule has 0 bridgehead atoms. The largest absolute Gasteiger partial charge is 0.353 e. The van der Waals surface area contributed by atoms with Crippen LogP contribution >= 0.6 is 0 Å². The third kappa shape index (κ3) is 4.11. The summed E-state index contributed by atoms with van der Waals surface area (Å²) in [6, 6.07) is 18.9. The van der Waals surface area contributed by atoms with E-state index in [0.717, 1.165) is 22.3 Å². The average molecular weight is 455 g/mol. The van der Waals surface area contributed by atoms with Crippen molar-refractivity contribution in [2.75, 3.05) is 31.1 Å².